The summed E-state index contributed by atoms with van der Waals surface area (Å²) in [6.45, 7) is 1.40. The topological polar surface area (TPSA) is 105 Å². The van der Waals surface area contributed by atoms with Gasteiger partial charge < -0.3 is 20.3 Å². The predicted octanol–water partition coefficient (Wildman–Crippen LogP) is 1.53. The van der Waals surface area contributed by atoms with Crippen molar-refractivity contribution in [1.29, 1.82) is 0 Å². The van der Waals surface area contributed by atoms with Crippen LogP contribution in [-0.4, -0.2) is 48.3 Å². The number of benzene rings is 1. The smallest absolute Gasteiger partial charge is 0.326 e. The SMILES string of the molecule is CC(=O)Nc1ccc(NC(=O)COC(=O)CN2CCCCCC2=O)cc1. The molecule has 3 amide bonds. The van der Waals surface area contributed by atoms with E-state index in [0.29, 0.717) is 24.3 Å². The van der Waals surface area contributed by atoms with Crippen molar-refractivity contribution in [3.8, 4) is 0 Å². The van der Waals surface area contributed by atoms with Gasteiger partial charge in [-0.2, -0.15) is 0 Å². The van der Waals surface area contributed by atoms with Crippen LogP contribution in [0.5, 0.6) is 0 Å². The van der Waals surface area contributed by atoms with Crippen molar-refractivity contribution in [2.24, 2.45) is 0 Å². The van der Waals surface area contributed by atoms with Crippen molar-refractivity contribution in [3.05, 3.63) is 24.3 Å². The summed E-state index contributed by atoms with van der Waals surface area (Å²) < 4.78 is 4.94. The lowest BCUT2D eigenvalue weighted by Gasteiger charge is -2.19. The summed E-state index contributed by atoms with van der Waals surface area (Å²) in [4.78, 5) is 48.0. The monoisotopic (exact) mass is 361 g/mol. The summed E-state index contributed by atoms with van der Waals surface area (Å²) in [6, 6.07) is 6.55. The van der Waals surface area contributed by atoms with Crippen LogP contribution in [0, 0.1) is 0 Å². The van der Waals surface area contributed by atoms with E-state index in [-0.39, 0.29) is 18.4 Å². The molecule has 2 N–H and O–H groups in total. The molecule has 8 nitrogen and oxygen atoms in total. The zero-order chi connectivity index (χ0) is 18.9. The Hall–Kier alpha value is -2.90. The molecule has 1 heterocycles. The first-order valence-electron chi connectivity index (χ1n) is 8.55. The van der Waals surface area contributed by atoms with Gasteiger partial charge >= 0.3 is 5.97 Å². The molecule has 0 saturated carbocycles. The lowest BCUT2D eigenvalue weighted by atomic mass is 10.2. The molecule has 8 heteroatoms. The third-order valence-corrected chi connectivity index (χ3v) is 3.84. The highest BCUT2D eigenvalue weighted by atomic mass is 16.5. The van der Waals surface area contributed by atoms with E-state index >= 15 is 0 Å². The van der Waals surface area contributed by atoms with Gasteiger partial charge in [0.25, 0.3) is 5.91 Å². The highest BCUT2D eigenvalue weighted by molar-refractivity contribution is 5.94. The average molecular weight is 361 g/mol. The minimum atomic E-state index is -0.601. The number of nitrogens with one attached hydrogen (secondary N) is 2. The van der Waals surface area contributed by atoms with Crippen LogP contribution in [0.1, 0.15) is 32.6 Å². The van der Waals surface area contributed by atoms with Gasteiger partial charge in [-0.15, -0.1) is 0 Å². The van der Waals surface area contributed by atoms with E-state index in [0.717, 1.165) is 19.3 Å². The Morgan fingerprint density at radius 3 is 2.35 bits per heavy atom. The molecule has 1 aromatic rings. The number of carbonyl (C=O) groups excluding carboxylic acids is 4. The van der Waals surface area contributed by atoms with Crippen LogP contribution >= 0.6 is 0 Å². The first-order chi connectivity index (χ1) is 12.4. The number of anilines is 2. The molecule has 0 aromatic heterocycles. The Kier molecular flexibility index (Phi) is 7.13. The summed E-state index contributed by atoms with van der Waals surface area (Å²) in [6.07, 6.45) is 3.13. The number of esters is 1. The van der Waals surface area contributed by atoms with E-state index in [4.69, 9.17) is 4.74 Å². The molecule has 1 fully saturated rings. The molecule has 1 aromatic carbocycles. The van der Waals surface area contributed by atoms with E-state index in [9.17, 15) is 19.2 Å². The van der Waals surface area contributed by atoms with Gasteiger partial charge in [0.05, 0.1) is 0 Å². The molecular formula is C18H23N3O5. The van der Waals surface area contributed by atoms with Gasteiger partial charge in [-0.05, 0) is 37.1 Å². The molecule has 0 unspecified atom stereocenters. The largest absolute Gasteiger partial charge is 0.454 e. The lowest BCUT2D eigenvalue weighted by Crippen LogP contribution is -2.36. The van der Waals surface area contributed by atoms with Gasteiger partial charge in [0, 0.05) is 31.3 Å². The van der Waals surface area contributed by atoms with Crippen molar-refractivity contribution in [2.45, 2.75) is 32.6 Å². The fourth-order valence-corrected chi connectivity index (χ4v) is 2.59. The van der Waals surface area contributed by atoms with Crippen molar-refractivity contribution < 1.29 is 23.9 Å². The van der Waals surface area contributed by atoms with Crippen LogP contribution in [0.2, 0.25) is 0 Å². The zero-order valence-corrected chi connectivity index (χ0v) is 14.7. The molecular weight excluding hydrogens is 338 g/mol. The second kappa shape index (κ2) is 9.55. The maximum Gasteiger partial charge on any atom is 0.326 e. The van der Waals surface area contributed by atoms with E-state index in [1.807, 2.05) is 0 Å². The maximum absolute atomic E-state index is 11.9. The molecule has 1 saturated heterocycles. The molecule has 0 radical (unpaired) electrons. The maximum atomic E-state index is 11.9. The second-order valence-electron chi connectivity index (χ2n) is 6.09. The molecule has 0 aliphatic carbocycles. The molecule has 140 valence electrons. The Labute approximate surface area is 151 Å². The number of ether oxygens (including phenoxy) is 1. The number of hydrogen-bond acceptors (Lipinski definition) is 5. The number of carbonyl (C=O) groups is 4. The molecule has 1 aliphatic rings. The third kappa shape index (κ3) is 6.54. The van der Waals surface area contributed by atoms with Gasteiger partial charge in [-0.25, -0.2) is 0 Å². The highest BCUT2D eigenvalue weighted by Crippen LogP contribution is 2.13. The number of hydrogen-bond donors (Lipinski definition) is 2. The number of amides is 3. The van der Waals surface area contributed by atoms with Gasteiger partial charge in [0.2, 0.25) is 11.8 Å². The molecule has 0 bridgehead atoms. The van der Waals surface area contributed by atoms with Gasteiger partial charge in [-0.1, -0.05) is 6.42 Å². The molecule has 26 heavy (non-hydrogen) atoms. The van der Waals surface area contributed by atoms with Crippen LogP contribution < -0.4 is 10.6 Å². The van der Waals surface area contributed by atoms with Crippen LogP contribution in [0.3, 0.4) is 0 Å². The molecule has 2 rings (SSSR count). The molecule has 0 spiro atoms. The fraction of sp³-hybridized carbons (Fsp3) is 0.444. The van der Waals surface area contributed by atoms with E-state index in [1.165, 1.54) is 11.8 Å². The third-order valence-electron chi connectivity index (χ3n) is 3.84. The lowest BCUT2D eigenvalue weighted by molar-refractivity contribution is -0.151. The Balaban J connectivity index is 1.74. The number of nitrogens with zero attached hydrogens (tertiary/aromatic N) is 1. The number of rotatable bonds is 6. The standard InChI is InChI=1S/C18H23N3O5/c1-13(22)19-14-6-8-15(9-7-14)20-16(23)12-26-18(25)11-21-10-4-2-3-5-17(21)24/h6-9H,2-5,10-12H2,1H3,(H,19,22)(H,20,23). The van der Waals surface area contributed by atoms with Gasteiger partial charge in [-0.3, -0.25) is 19.2 Å². The predicted molar refractivity (Wildman–Crippen MR) is 95.4 cm³/mol. The summed E-state index contributed by atoms with van der Waals surface area (Å²) in [7, 11) is 0. The van der Waals surface area contributed by atoms with Gasteiger partial charge in [0.1, 0.15) is 6.54 Å². The van der Waals surface area contributed by atoms with Crippen LogP contribution in [-0.2, 0) is 23.9 Å². The van der Waals surface area contributed by atoms with Crippen LogP contribution in [0.15, 0.2) is 24.3 Å². The van der Waals surface area contributed by atoms with Crippen molar-refractivity contribution in [2.75, 3.05) is 30.3 Å². The molecule has 1 aliphatic heterocycles. The van der Waals surface area contributed by atoms with Crippen molar-refractivity contribution in [1.82, 2.24) is 4.90 Å². The minimum absolute atomic E-state index is 0.0526. The minimum Gasteiger partial charge on any atom is -0.454 e. The quantitative estimate of drug-likeness (QED) is 0.748. The Morgan fingerprint density at radius 2 is 1.69 bits per heavy atom. The first-order valence-corrected chi connectivity index (χ1v) is 8.55. The fourth-order valence-electron chi connectivity index (χ4n) is 2.59. The highest BCUT2D eigenvalue weighted by Gasteiger charge is 2.20. The first kappa shape index (κ1) is 19.4. The Bertz CT molecular complexity index is 672. The number of likely N-dealkylation sites (tertiary alicyclic amines) is 1. The summed E-state index contributed by atoms with van der Waals surface area (Å²) >= 11 is 0. The Morgan fingerprint density at radius 1 is 1.04 bits per heavy atom. The summed E-state index contributed by atoms with van der Waals surface area (Å²) in [5.41, 5.74) is 1.13. The molecule has 0 atom stereocenters. The normalized spacial score (nSPS) is 14.3. The van der Waals surface area contributed by atoms with E-state index in [1.54, 1.807) is 24.3 Å². The van der Waals surface area contributed by atoms with Crippen LogP contribution in [0.4, 0.5) is 11.4 Å². The van der Waals surface area contributed by atoms with E-state index < -0.39 is 18.5 Å². The summed E-state index contributed by atoms with van der Waals surface area (Å²) in [5.74, 6) is -1.32. The average Bonchev–Trinajstić information content (AvgIpc) is 2.79. The van der Waals surface area contributed by atoms with E-state index in [2.05, 4.69) is 10.6 Å². The van der Waals surface area contributed by atoms with Crippen molar-refractivity contribution >= 4 is 35.1 Å². The van der Waals surface area contributed by atoms with Crippen molar-refractivity contribution in [3.63, 3.8) is 0 Å². The van der Waals surface area contributed by atoms with Gasteiger partial charge in [0.15, 0.2) is 6.61 Å². The second-order valence-corrected chi connectivity index (χ2v) is 6.09. The summed E-state index contributed by atoms with van der Waals surface area (Å²) in [5, 5.41) is 5.21. The zero-order valence-electron chi connectivity index (χ0n) is 14.7. The van der Waals surface area contributed by atoms with Crippen LogP contribution in [0.25, 0.3) is 0 Å².